The maximum Gasteiger partial charge on any atom is 0.142 e. The summed E-state index contributed by atoms with van der Waals surface area (Å²) >= 11 is 0. The molecule has 0 spiro atoms. The molecule has 0 bridgehead atoms. The molecule has 0 aromatic carbocycles. The van der Waals surface area contributed by atoms with E-state index in [0.29, 0.717) is 17.1 Å². The second kappa shape index (κ2) is 3.91. The summed E-state index contributed by atoms with van der Waals surface area (Å²) in [6, 6.07) is 2.10. The zero-order valence-corrected chi connectivity index (χ0v) is 9.50. The number of nitrogens with zero attached hydrogens (tertiary/aromatic N) is 3. The van der Waals surface area contributed by atoms with Crippen LogP contribution < -0.4 is 5.32 Å². The monoisotopic (exact) mass is 208 g/mol. The number of aliphatic hydroxyl groups excluding tert-OH is 1. The van der Waals surface area contributed by atoms with Gasteiger partial charge in [0, 0.05) is 7.05 Å². The number of hydrogen-bond acceptors (Lipinski definition) is 4. The van der Waals surface area contributed by atoms with Crippen LogP contribution in [0.3, 0.4) is 0 Å². The summed E-state index contributed by atoms with van der Waals surface area (Å²) in [4.78, 5) is 0. The lowest BCUT2D eigenvalue weighted by molar-refractivity contribution is 0.233. The first kappa shape index (κ1) is 11.5. The van der Waals surface area contributed by atoms with E-state index in [9.17, 15) is 0 Å². The molecule has 0 aliphatic rings. The van der Waals surface area contributed by atoms with E-state index < -0.39 is 5.54 Å². The molecule has 0 aliphatic carbocycles. The van der Waals surface area contributed by atoms with Crippen LogP contribution in [-0.2, 0) is 7.05 Å². The Morgan fingerprint density at radius 2 is 2.20 bits per heavy atom. The molecule has 1 aromatic heterocycles. The minimum Gasteiger partial charge on any atom is -0.394 e. The van der Waals surface area contributed by atoms with E-state index in [1.807, 2.05) is 13.8 Å². The number of nitriles is 1. The molecule has 82 valence electrons. The maximum absolute atomic E-state index is 9.14. The van der Waals surface area contributed by atoms with Crippen LogP contribution in [0.2, 0.25) is 0 Å². The molecule has 5 heteroatoms. The molecular weight excluding hydrogens is 192 g/mol. The first-order valence-corrected chi connectivity index (χ1v) is 4.74. The number of rotatable bonds is 3. The van der Waals surface area contributed by atoms with Crippen molar-refractivity contribution >= 4 is 5.82 Å². The summed E-state index contributed by atoms with van der Waals surface area (Å²) in [5.74, 6) is 0.647. The molecule has 0 radical (unpaired) electrons. The van der Waals surface area contributed by atoms with Crippen LogP contribution in [0.15, 0.2) is 0 Å². The van der Waals surface area contributed by atoms with E-state index >= 15 is 0 Å². The first-order chi connectivity index (χ1) is 6.91. The van der Waals surface area contributed by atoms with Crippen molar-refractivity contribution in [3.05, 3.63) is 11.3 Å². The Labute approximate surface area is 89.3 Å². The van der Waals surface area contributed by atoms with Gasteiger partial charge in [0.2, 0.25) is 0 Å². The van der Waals surface area contributed by atoms with Gasteiger partial charge in [-0.15, -0.1) is 0 Å². The quantitative estimate of drug-likeness (QED) is 0.770. The Kier molecular flexibility index (Phi) is 3.01. The highest BCUT2D eigenvalue weighted by Crippen LogP contribution is 2.21. The van der Waals surface area contributed by atoms with E-state index in [2.05, 4.69) is 16.5 Å². The second-order valence-corrected chi connectivity index (χ2v) is 4.21. The Morgan fingerprint density at radius 3 is 2.67 bits per heavy atom. The molecule has 1 rings (SSSR count). The lowest BCUT2D eigenvalue weighted by Gasteiger charge is -2.24. The zero-order chi connectivity index (χ0) is 11.6. The van der Waals surface area contributed by atoms with Gasteiger partial charge >= 0.3 is 0 Å². The topological polar surface area (TPSA) is 73.9 Å². The highest BCUT2D eigenvalue weighted by molar-refractivity contribution is 5.56. The molecule has 0 unspecified atom stereocenters. The van der Waals surface area contributed by atoms with E-state index in [1.54, 1.807) is 18.7 Å². The van der Waals surface area contributed by atoms with Crippen molar-refractivity contribution in [3.63, 3.8) is 0 Å². The van der Waals surface area contributed by atoms with Crippen molar-refractivity contribution in [2.45, 2.75) is 26.3 Å². The molecule has 1 heterocycles. The predicted molar refractivity (Wildman–Crippen MR) is 57.4 cm³/mol. The fourth-order valence-electron chi connectivity index (χ4n) is 1.30. The lowest BCUT2D eigenvalue weighted by atomic mass is 10.1. The highest BCUT2D eigenvalue weighted by Gasteiger charge is 2.21. The molecule has 5 nitrogen and oxygen atoms in total. The minimum atomic E-state index is -0.466. The lowest BCUT2D eigenvalue weighted by Crippen LogP contribution is -2.36. The molecule has 0 aliphatic heterocycles. The standard InChI is InChI=1S/C10H16N4O/c1-7-8(5-11)9(14(4)13-7)12-10(2,3)6-15/h12,15H,6H2,1-4H3. The highest BCUT2D eigenvalue weighted by atomic mass is 16.3. The first-order valence-electron chi connectivity index (χ1n) is 4.74. The molecule has 0 saturated carbocycles. The number of aryl methyl sites for hydroxylation is 2. The van der Waals surface area contributed by atoms with Crippen LogP contribution in [0.4, 0.5) is 5.82 Å². The molecular formula is C10H16N4O. The number of nitrogens with one attached hydrogen (secondary N) is 1. The van der Waals surface area contributed by atoms with Crippen LogP contribution in [0.1, 0.15) is 25.1 Å². The van der Waals surface area contributed by atoms with Gasteiger partial charge in [-0.05, 0) is 20.8 Å². The van der Waals surface area contributed by atoms with Crippen molar-refractivity contribution in [2.24, 2.45) is 7.05 Å². The summed E-state index contributed by atoms with van der Waals surface area (Å²) in [5.41, 5.74) is 0.751. The molecule has 0 amide bonds. The smallest absolute Gasteiger partial charge is 0.142 e. The van der Waals surface area contributed by atoms with Crippen molar-refractivity contribution in [1.82, 2.24) is 9.78 Å². The fraction of sp³-hybridized carbons (Fsp3) is 0.600. The van der Waals surface area contributed by atoms with Crippen LogP contribution >= 0.6 is 0 Å². The molecule has 0 atom stereocenters. The van der Waals surface area contributed by atoms with Gasteiger partial charge in [0.15, 0.2) is 0 Å². The third-order valence-electron chi connectivity index (χ3n) is 2.19. The van der Waals surface area contributed by atoms with Crippen molar-refractivity contribution in [2.75, 3.05) is 11.9 Å². The SMILES string of the molecule is Cc1nn(C)c(NC(C)(C)CO)c1C#N. The van der Waals surface area contributed by atoms with Crippen LogP contribution in [0.25, 0.3) is 0 Å². The van der Waals surface area contributed by atoms with Gasteiger partial charge in [-0.1, -0.05) is 0 Å². The van der Waals surface area contributed by atoms with Gasteiger partial charge in [0.05, 0.1) is 17.8 Å². The van der Waals surface area contributed by atoms with Crippen molar-refractivity contribution in [1.29, 1.82) is 5.26 Å². The molecule has 2 N–H and O–H groups in total. The minimum absolute atomic E-state index is 0.0118. The normalized spacial score (nSPS) is 11.2. The third kappa shape index (κ3) is 2.28. The predicted octanol–water partition coefficient (Wildman–Crippen LogP) is 0.783. The van der Waals surface area contributed by atoms with E-state index in [-0.39, 0.29) is 6.61 Å². The number of anilines is 1. The summed E-state index contributed by atoms with van der Waals surface area (Å²) in [7, 11) is 1.77. The number of aromatic nitrogens is 2. The van der Waals surface area contributed by atoms with Crippen molar-refractivity contribution in [3.8, 4) is 6.07 Å². The van der Waals surface area contributed by atoms with Gasteiger partial charge in [-0.2, -0.15) is 10.4 Å². The Bertz CT molecular complexity index is 400. The van der Waals surface area contributed by atoms with E-state index in [0.717, 1.165) is 0 Å². The van der Waals surface area contributed by atoms with Crippen molar-refractivity contribution < 1.29 is 5.11 Å². The average Bonchev–Trinajstić information content (AvgIpc) is 2.41. The van der Waals surface area contributed by atoms with Gasteiger partial charge in [0.25, 0.3) is 0 Å². The van der Waals surface area contributed by atoms with Gasteiger partial charge in [-0.25, -0.2) is 0 Å². The zero-order valence-electron chi connectivity index (χ0n) is 9.50. The summed E-state index contributed by atoms with van der Waals surface area (Å²) in [5, 5.41) is 25.4. The van der Waals surface area contributed by atoms with Crippen LogP contribution in [0, 0.1) is 18.3 Å². The third-order valence-corrected chi connectivity index (χ3v) is 2.19. The Balaban J connectivity index is 3.10. The van der Waals surface area contributed by atoms with Crippen LogP contribution in [0.5, 0.6) is 0 Å². The fourth-order valence-corrected chi connectivity index (χ4v) is 1.30. The van der Waals surface area contributed by atoms with Gasteiger partial charge in [-0.3, -0.25) is 4.68 Å². The van der Waals surface area contributed by atoms with Gasteiger partial charge < -0.3 is 10.4 Å². The summed E-state index contributed by atoms with van der Waals surface area (Å²) in [6.07, 6.45) is 0. The summed E-state index contributed by atoms with van der Waals surface area (Å²) in [6.45, 7) is 5.49. The van der Waals surface area contributed by atoms with E-state index in [1.165, 1.54) is 0 Å². The summed E-state index contributed by atoms with van der Waals surface area (Å²) < 4.78 is 1.62. The van der Waals surface area contributed by atoms with Crippen LogP contribution in [-0.4, -0.2) is 27.0 Å². The largest absolute Gasteiger partial charge is 0.394 e. The molecule has 0 saturated heterocycles. The molecule has 0 fully saturated rings. The maximum atomic E-state index is 9.14. The molecule has 15 heavy (non-hydrogen) atoms. The number of hydrogen-bond donors (Lipinski definition) is 2. The Morgan fingerprint density at radius 1 is 1.60 bits per heavy atom. The number of aliphatic hydroxyl groups is 1. The van der Waals surface area contributed by atoms with Gasteiger partial charge in [0.1, 0.15) is 17.5 Å². The second-order valence-electron chi connectivity index (χ2n) is 4.21. The Hall–Kier alpha value is -1.54. The average molecular weight is 208 g/mol. The molecule has 1 aromatic rings. The van der Waals surface area contributed by atoms with E-state index in [4.69, 9.17) is 10.4 Å².